The molecule has 1 rings (SSSR count). The molecule has 6 nitrogen and oxygen atoms in total. The van der Waals surface area contributed by atoms with E-state index in [-0.39, 0.29) is 17.7 Å². The van der Waals surface area contributed by atoms with Gasteiger partial charge in [0.25, 0.3) is 0 Å². The third-order valence-corrected chi connectivity index (χ3v) is 2.41. The fourth-order valence-electron chi connectivity index (χ4n) is 0.884. The quantitative estimate of drug-likeness (QED) is 0.766. The van der Waals surface area contributed by atoms with E-state index >= 15 is 0 Å². The van der Waals surface area contributed by atoms with Crippen molar-refractivity contribution in [3.8, 4) is 0 Å². The maximum atomic E-state index is 10.9. The summed E-state index contributed by atoms with van der Waals surface area (Å²) in [6, 6.07) is -0.299. The van der Waals surface area contributed by atoms with E-state index in [9.17, 15) is 8.42 Å². The molecule has 0 aliphatic rings. The number of aromatic nitrogens is 2. The van der Waals surface area contributed by atoms with E-state index in [1.807, 2.05) is 6.92 Å². The van der Waals surface area contributed by atoms with Crippen LogP contribution < -0.4 is 5.73 Å². The van der Waals surface area contributed by atoms with E-state index < -0.39 is 9.84 Å². The lowest BCUT2D eigenvalue weighted by atomic mass is 10.2. The summed E-state index contributed by atoms with van der Waals surface area (Å²) < 4.78 is 26.5. The molecule has 0 saturated carbocycles. The minimum Gasteiger partial charge on any atom is -0.338 e. The average Bonchev–Trinajstić information content (AvgIpc) is 2.48. The molecule has 0 saturated heterocycles. The van der Waals surface area contributed by atoms with Crippen LogP contribution in [0.5, 0.6) is 0 Å². The first-order valence-electron chi connectivity index (χ1n) is 4.18. The Morgan fingerprint density at radius 2 is 2.21 bits per heavy atom. The maximum Gasteiger partial charge on any atom is 0.241 e. The summed E-state index contributed by atoms with van der Waals surface area (Å²) in [5.41, 5.74) is 5.64. The number of rotatable bonds is 4. The van der Waals surface area contributed by atoms with Crippen LogP contribution in [0.15, 0.2) is 4.52 Å². The smallest absolute Gasteiger partial charge is 0.241 e. The number of sulfone groups is 1. The largest absolute Gasteiger partial charge is 0.338 e. The fraction of sp³-hybridized carbons (Fsp3) is 0.714. The van der Waals surface area contributed by atoms with Gasteiger partial charge in [0.05, 0.1) is 6.04 Å². The minimum atomic E-state index is -3.13. The number of hydrogen-bond acceptors (Lipinski definition) is 6. The maximum absolute atomic E-state index is 10.9. The Bertz CT molecular complexity index is 398. The Labute approximate surface area is 82.4 Å². The van der Waals surface area contributed by atoms with Crippen molar-refractivity contribution >= 4 is 9.84 Å². The van der Waals surface area contributed by atoms with Gasteiger partial charge in [0, 0.05) is 6.26 Å². The molecule has 14 heavy (non-hydrogen) atoms. The van der Waals surface area contributed by atoms with Crippen molar-refractivity contribution < 1.29 is 12.9 Å². The average molecular weight is 219 g/mol. The van der Waals surface area contributed by atoms with Gasteiger partial charge in [0.15, 0.2) is 15.7 Å². The second-order valence-corrected chi connectivity index (χ2v) is 5.27. The van der Waals surface area contributed by atoms with E-state index in [0.29, 0.717) is 12.2 Å². The molecule has 0 bridgehead atoms. The molecule has 1 aromatic rings. The second kappa shape index (κ2) is 4.05. The zero-order valence-corrected chi connectivity index (χ0v) is 8.91. The summed E-state index contributed by atoms with van der Waals surface area (Å²) in [6.45, 7) is 1.89. The van der Waals surface area contributed by atoms with E-state index in [2.05, 4.69) is 10.1 Å². The van der Waals surface area contributed by atoms with Gasteiger partial charge >= 0.3 is 0 Å². The Morgan fingerprint density at radius 3 is 2.71 bits per heavy atom. The van der Waals surface area contributed by atoms with Gasteiger partial charge in [-0.1, -0.05) is 12.1 Å². The van der Waals surface area contributed by atoms with Gasteiger partial charge in [-0.25, -0.2) is 8.42 Å². The highest BCUT2D eigenvalue weighted by Gasteiger charge is 2.15. The van der Waals surface area contributed by atoms with E-state index in [4.69, 9.17) is 10.3 Å². The Kier molecular flexibility index (Phi) is 3.22. The summed E-state index contributed by atoms with van der Waals surface area (Å²) in [5, 5.41) is 3.60. The molecule has 1 atom stereocenters. The summed E-state index contributed by atoms with van der Waals surface area (Å²) in [5.74, 6) is 0.203. The van der Waals surface area contributed by atoms with Gasteiger partial charge in [-0.05, 0) is 6.42 Å². The zero-order chi connectivity index (χ0) is 10.8. The van der Waals surface area contributed by atoms with Crippen molar-refractivity contribution in [3.05, 3.63) is 11.7 Å². The van der Waals surface area contributed by atoms with Gasteiger partial charge in [-0.15, -0.1) is 0 Å². The van der Waals surface area contributed by atoms with Crippen molar-refractivity contribution in [2.45, 2.75) is 25.1 Å². The lowest BCUT2D eigenvalue weighted by Crippen LogP contribution is -2.10. The van der Waals surface area contributed by atoms with Crippen LogP contribution in [-0.2, 0) is 15.6 Å². The van der Waals surface area contributed by atoms with E-state index in [1.165, 1.54) is 0 Å². The van der Waals surface area contributed by atoms with Gasteiger partial charge in [-0.2, -0.15) is 4.98 Å². The molecule has 1 unspecified atom stereocenters. The topological polar surface area (TPSA) is 99.1 Å². The highest BCUT2D eigenvalue weighted by Crippen LogP contribution is 2.10. The minimum absolute atomic E-state index is 0.0893. The van der Waals surface area contributed by atoms with Crippen LogP contribution in [-0.4, -0.2) is 24.8 Å². The predicted molar refractivity (Wildman–Crippen MR) is 50.1 cm³/mol. The molecule has 80 valence electrons. The summed E-state index contributed by atoms with van der Waals surface area (Å²) in [6.07, 6.45) is 1.79. The monoisotopic (exact) mass is 219 g/mol. The van der Waals surface area contributed by atoms with Crippen LogP contribution in [0.1, 0.15) is 31.1 Å². The molecule has 0 aromatic carbocycles. The second-order valence-electron chi connectivity index (χ2n) is 3.13. The Balaban J connectivity index is 2.79. The first kappa shape index (κ1) is 11.1. The lowest BCUT2D eigenvalue weighted by molar-refractivity contribution is 0.378. The molecule has 0 fully saturated rings. The molecule has 2 N–H and O–H groups in total. The Morgan fingerprint density at radius 1 is 1.57 bits per heavy atom. The van der Waals surface area contributed by atoms with Crippen LogP contribution >= 0.6 is 0 Å². The van der Waals surface area contributed by atoms with Gasteiger partial charge in [0.2, 0.25) is 5.89 Å². The highest BCUT2D eigenvalue weighted by atomic mass is 32.2. The van der Waals surface area contributed by atoms with Crippen molar-refractivity contribution in [1.82, 2.24) is 10.1 Å². The molecule has 0 radical (unpaired) electrons. The van der Waals surface area contributed by atoms with Crippen molar-refractivity contribution in [1.29, 1.82) is 0 Å². The first-order chi connectivity index (χ1) is 6.42. The molecular weight excluding hydrogens is 206 g/mol. The summed E-state index contributed by atoms with van der Waals surface area (Å²) in [4.78, 5) is 3.88. The van der Waals surface area contributed by atoms with Gasteiger partial charge < -0.3 is 10.3 Å². The summed E-state index contributed by atoms with van der Waals surface area (Å²) >= 11 is 0. The SMILES string of the molecule is CCC(N)c1noc(CS(C)(=O)=O)n1. The summed E-state index contributed by atoms with van der Waals surface area (Å²) in [7, 11) is -3.13. The molecule has 1 heterocycles. The molecule has 0 aliphatic carbocycles. The number of nitrogens with zero attached hydrogens (tertiary/aromatic N) is 2. The molecule has 1 aromatic heterocycles. The van der Waals surface area contributed by atoms with E-state index in [1.54, 1.807) is 0 Å². The molecule has 0 aliphatic heterocycles. The molecule has 0 amide bonds. The standard InChI is InChI=1S/C7H13N3O3S/c1-3-5(8)7-9-6(13-10-7)4-14(2,11)12/h5H,3-4,8H2,1-2H3. The Hall–Kier alpha value is -0.950. The van der Waals surface area contributed by atoms with Crippen LogP contribution in [0.25, 0.3) is 0 Å². The zero-order valence-electron chi connectivity index (χ0n) is 8.10. The van der Waals surface area contributed by atoms with Crippen LogP contribution in [0.4, 0.5) is 0 Å². The van der Waals surface area contributed by atoms with Crippen molar-refractivity contribution in [3.63, 3.8) is 0 Å². The first-order valence-corrected chi connectivity index (χ1v) is 6.24. The normalized spacial score (nSPS) is 14.2. The number of hydrogen-bond donors (Lipinski definition) is 1. The lowest BCUT2D eigenvalue weighted by Gasteiger charge is -1.99. The third-order valence-electron chi connectivity index (χ3n) is 1.64. The fourth-order valence-corrected chi connectivity index (χ4v) is 1.45. The van der Waals surface area contributed by atoms with Crippen LogP contribution in [0, 0.1) is 0 Å². The van der Waals surface area contributed by atoms with Crippen molar-refractivity contribution in [2.75, 3.05) is 6.26 Å². The molecule has 0 spiro atoms. The number of nitrogens with two attached hydrogens (primary N) is 1. The highest BCUT2D eigenvalue weighted by molar-refractivity contribution is 7.89. The van der Waals surface area contributed by atoms with Gasteiger partial charge in [-0.3, -0.25) is 0 Å². The molecular formula is C7H13N3O3S. The van der Waals surface area contributed by atoms with E-state index in [0.717, 1.165) is 6.26 Å². The van der Waals surface area contributed by atoms with Crippen LogP contribution in [0.2, 0.25) is 0 Å². The van der Waals surface area contributed by atoms with Gasteiger partial charge in [0.1, 0.15) is 5.75 Å². The molecule has 7 heteroatoms. The van der Waals surface area contributed by atoms with Crippen LogP contribution in [0.3, 0.4) is 0 Å². The predicted octanol–water partition coefficient (Wildman–Crippen LogP) is 0.0240. The third kappa shape index (κ3) is 3.08. The van der Waals surface area contributed by atoms with Crippen molar-refractivity contribution in [2.24, 2.45) is 5.73 Å².